The van der Waals surface area contributed by atoms with Crippen molar-refractivity contribution in [3.63, 3.8) is 0 Å². The van der Waals surface area contributed by atoms with Crippen molar-refractivity contribution in [2.45, 2.75) is 19.3 Å². The molecule has 1 aliphatic rings. The number of rotatable bonds is 8. The molecule has 1 aromatic carbocycles. The van der Waals surface area contributed by atoms with Crippen molar-refractivity contribution in [2.24, 2.45) is 5.92 Å². The summed E-state index contributed by atoms with van der Waals surface area (Å²) < 4.78 is 5.29. The molecule has 1 amide bonds. The van der Waals surface area contributed by atoms with Crippen LogP contribution in [0.25, 0.3) is 0 Å². The first kappa shape index (κ1) is 14.5. The Morgan fingerprint density at radius 3 is 2.55 bits per heavy atom. The number of carbonyl (C=O) groups is 2. The van der Waals surface area contributed by atoms with Crippen molar-refractivity contribution >= 4 is 11.9 Å². The minimum Gasteiger partial charge on any atom is -0.478 e. The molecule has 0 aromatic heterocycles. The molecule has 2 rings (SSSR count). The van der Waals surface area contributed by atoms with Gasteiger partial charge in [0, 0.05) is 6.54 Å². The summed E-state index contributed by atoms with van der Waals surface area (Å²) >= 11 is 0. The summed E-state index contributed by atoms with van der Waals surface area (Å²) in [5.41, 5.74) is 1.26. The van der Waals surface area contributed by atoms with Gasteiger partial charge in [-0.25, -0.2) is 4.79 Å². The maximum atomic E-state index is 11.5. The Labute approximate surface area is 117 Å². The Hall–Kier alpha value is -1.88. The van der Waals surface area contributed by atoms with Crippen LogP contribution < -0.4 is 5.32 Å². The smallest absolute Gasteiger partial charge is 0.335 e. The molecule has 2 N–H and O–H groups in total. The predicted molar refractivity (Wildman–Crippen MR) is 73.7 cm³/mol. The van der Waals surface area contributed by atoms with Crippen LogP contribution in [0.1, 0.15) is 28.8 Å². The third kappa shape index (κ3) is 5.01. The Morgan fingerprint density at radius 1 is 1.25 bits per heavy atom. The van der Waals surface area contributed by atoms with E-state index >= 15 is 0 Å². The largest absolute Gasteiger partial charge is 0.478 e. The fourth-order valence-electron chi connectivity index (χ4n) is 1.81. The van der Waals surface area contributed by atoms with Gasteiger partial charge in [-0.15, -0.1) is 0 Å². The Balaban J connectivity index is 1.61. The van der Waals surface area contributed by atoms with Crippen LogP contribution in [0.4, 0.5) is 0 Å². The van der Waals surface area contributed by atoms with Crippen LogP contribution >= 0.6 is 0 Å². The summed E-state index contributed by atoms with van der Waals surface area (Å²) in [6.07, 6.45) is 3.11. The third-order valence-electron chi connectivity index (χ3n) is 3.22. The zero-order valence-corrected chi connectivity index (χ0v) is 11.3. The molecule has 5 nitrogen and oxygen atoms in total. The van der Waals surface area contributed by atoms with E-state index in [2.05, 4.69) is 5.32 Å². The highest BCUT2D eigenvalue weighted by atomic mass is 16.5. The summed E-state index contributed by atoms with van der Waals surface area (Å²) in [4.78, 5) is 22.2. The monoisotopic (exact) mass is 277 g/mol. The Kier molecular flexibility index (Phi) is 5.12. The SMILES string of the molecule is O=C(COCC1CC1)NCCc1ccc(C(=O)O)cc1. The lowest BCUT2D eigenvalue weighted by atomic mass is 10.1. The zero-order valence-electron chi connectivity index (χ0n) is 11.3. The van der Waals surface area contributed by atoms with Crippen molar-refractivity contribution in [1.82, 2.24) is 5.32 Å². The van der Waals surface area contributed by atoms with E-state index in [-0.39, 0.29) is 18.1 Å². The average molecular weight is 277 g/mol. The van der Waals surface area contributed by atoms with Crippen molar-refractivity contribution in [3.8, 4) is 0 Å². The first-order valence-electron chi connectivity index (χ1n) is 6.82. The highest BCUT2D eigenvalue weighted by Gasteiger charge is 2.21. The molecule has 0 radical (unpaired) electrons. The third-order valence-corrected chi connectivity index (χ3v) is 3.22. The van der Waals surface area contributed by atoms with E-state index in [0.717, 1.165) is 5.56 Å². The van der Waals surface area contributed by atoms with Gasteiger partial charge < -0.3 is 15.2 Å². The molecule has 0 atom stereocenters. The molecule has 0 aliphatic heterocycles. The van der Waals surface area contributed by atoms with Gasteiger partial charge in [0.2, 0.25) is 5.91 Å². The first-order chi connectivity index (χ1) is 9.65. The van der Waals surface area contributed by atoms with Gasteiger partial charge in [-0.1, -0.05) is 12.1 Å². The molecule has 0 heterocycles. The van der Waals surface area contributed by atoms with Crippen LogP contribution in [0.15, 0.2) is 24.3 Å². The quantitative estimate of drug-likeness (QED) is 0.754. The van der Waals surface area contributed by atoms with Gasteiger partial charge in [-0.2, -0.15) is 0 Å². The summed E-state index contributed by atoms with van der Waals surface area (Å²) in [6.45, 7) is 1.33. The predicted octanol–water partition coefficient (Wildman–Crippen LogP) is 1.47. The van der Waals surface area contributed by atoms with E-state index in [0.29, 0.717) is 25.5 Å². The minimum atomic E-state index is -0.933. The molecule has 1 aliphatic carbocycles. The molecule has 0 unspecified atom stereocenters. The number of carbonyl (C=O) groups excluding carboxylic acids is 1. The van der Waals surface area contributed by atoms with Gasteiger partial charge >= 0.3 is 5.97 Å². The van der Waals surface area contributed by atoms with Crippen molar-refractivity contribution < 1.29 is 19.4 Å². The van der Waals surface area contributed by atoms with E-state index in [9.17, 15) is 9.59 Å². The number of hydrogen-bond donors (Lipinski definition) is 2. The van der Waals surface area contributed by atoms with Crippen molar-refractivity contribution in [3.05, 3.63) is 35.4 Å². The molecule has 108 valence electrons. The lowest BCUT2D eigenvalue weighted by molar-refractivity contribution is -0.125. The fourth-order valence-corrected chi connectivity index (χ4v) is 1.81. The van der Waals surface area contributed by atoms with Gasteiger partial charge in [-0.3, -0.25) is 4.79 Å². The topological polar surface area (TPSA) is 75.6 Å². The number of carboxylic acid groups (broad SMARTS) is 1. The summed E-state index contributed by atoms with van der Waals surface area (Å²) in [7, 11) is 0. The molecule has 5 heteroatoms. The highest BCUT2D eigenvalue weighted by Crippen LogP contribution is 2.28. The average Bonchev–Trinajstić information content (AvgIpc) is 3.23. The molecule has 1 fully saturated rings. The number of ether oxygens (including phenoxy) is 1. The molecule has 0 spiro atoms. The second-order valence-electron chi connectivity index (χ2n) is 5.06. The van der Waals surface area contributed by atoms with Gasteiger partial charge in [0.1, 0.15) is 6.61 Å². The number of aromatic carboxylic acids is 1. The van der Waals surface area contributed by atoms with Crippen molar-refractivity contribution in [1.29, 1.82) is 0 Å². The zero-order chi connectivity index (χ0) is 14.4. The maximum Gasteiger partial charge on any atom is 0.335 e. The van der Waals surface area contributed by atoms with Crippen molar-refractivity contribution in [2.75, 3.05) is 19.8 Å². The molecule has 0 saturated heterocycles. The van der Waals surface area contributed by atoms with Crippen LogP contribution in [0.2, 0.25) is 0 Å². The lowest BCUT2D eigenvalue weighted by Gasteiger charge is -2.06. The molecule has 0 bridgehead atoms. The number of hydrogen-bond acceptors (Lipinski definition) is 3. The molecular weight excluding hydrogens is 258 g/mol. The van der Waals surface area contributed by atoms with E-state index in [1.165, 1.54) is 12.8 Å². The Morgan fingerprint density at radius 2 is 1.95 bits per heavy atom. The van der Waals surface area contributed by atoms with E-state index in [1.54, 1.807) is 24.3 Å². The number of benzene rings is 1. The van der Waals surface area contributed by atoms with Crippen LogP contribution in [-0.2, 0) is 16.0 Å². The maximum absolute atomic E-state index is 11.5. The van der Waals surface area contributed by atoms with Gasteiger partial charge in [0.25, 0.3) is 0 Å². The van der Waals surface area contributed by atoms with Crippen LogP contribution in [0, 0.1) is 5.92 Å². The van der Waals surface area contributed by atoms with Crippen LogP contribution in [-0.4, -0.2) is 36.7 Å². The van der Waals surface area contributed by atoms with E-state index < -0.39 is 5.97 Å². The second-order valence-corrected chi connectivity index (χ2v) is 5.06. The summed E-state index contributed by atoms with van der Waals surface area (Å²) in [5.74, 6) is -0.374. The normalized spacial score (nSPS) is 14.0. The highest BCUT2D eigenvalue weighted by molar-refractivity contribution is 5.87. The molecular formula is C15H19NO4. The second kappa shape index (κ2) is 7.05. The van der Waals surface area contributed by atoms with E-state index in [4.69, 9.17) is 9.84 Å². The first-order valence-corrected chi connectivity index (χ1v) is 6.82. The molecule has 1 saturated carbocycles. The summed E-state index contributed by atoms with van der Waals surface area (Å²) in [5, 5.41) is 11.6. The van der Waals surface area contributed by atoms with Crippen LogP contribution in [0.3, 0.4) is 0 Å². The van der Waals surface area contributed by atoms with Gasteiger partial charge in [0.15, 0.2) is 0 Å². The van der Waals surface area contributed by atoms with Crippen LogP contribution in [0.5, 0.6) is 0 Å². The number of carboxylic acids is 1. The van der Waals surface area contributed by atoms with Gasteiger partial charge in [-0.05, 0) is 42.9 Å². The molecule has 20 heavy (non-hydrogen) atoms. The minimum absolute atomic E-state index is 0.104. The fraction of sp³-hybridized carbons (Fsp3) is 0.467. The Bertz CT molecular complexity index is 465. The summed E-state index contributed by atoms with van der Waals surface area (Å²) in [6, 6.07) is 6.66. The number of amides is 1. The standard InChI is InChI=1S/C15H19NO4/c17-14(10-20-9-12-1-2-12)16-8-7-11-3-5-13(6-4-11)15(18)19/h3-6,12H,1-2,7-10H2,(H,16,17)(H,18,19). The number of nitrogens with one attached hydrogen (secondary N) is 1. The van der Waals surface area contributed by atoms with E-state index in [1.807, 2.05) is 0 Å². The lowest BCUT2D eigenvalue weighted by Crippen LogP contribution is -2.29. The van der Waals surface area contributed by atoms with Gasteiger partial charge in [0.05, 0.1) is 12.2 Å². The molecule has 1 aromatic rings.